The van der Waals surface area contributed by atoms with Crippen LogP contribution in [0.4, 0.5) is 5.69 Å². The van der Waals surface area contributed by atoms with Crippen molar-refractivity contribution in [1.29, 1.82) is 0 Å². The van der Waals surface area contributed by atoms with E-state index in [1.165, 1.54) is 0 Å². The molecular weight excluding hydrogens is 150 g/mol. The van der Waals surface area contributed by atoms with E-state index in [9.17, 15) is 0 Å². The molecule has 0 aliphatic heterocycles. The van der Waals surface area contributed by atoms with Crippen LogP contribution in [-0.4, -0.2) is 16.9 Å². The van der Waals surface area contributed by atoms with Gasteiger partial charge in [-0.15, -0.1) is 0 Å². The number of hydrogen-bond acceptors (Lipinski definition) is 2. The average Bonchev–Trinajstić information content (AvgIpc) is 2.55. The summed E-state index contributed by atoms with van der Waals surface area (Å²) >= 11 is 0. The van der Waals surface area contributed by atoms with Crippen LogP contribution in [0.5, 0.6) is 0 Å². The Morgan fingerprint density at radius 1 is 1.58 bits per heavy atom. The summed E-state index contributed by atoms with van der Waals surface area (Å²) in [6.07, 6.45) is 1.62. The molecule has 66 valence electrons. The van der Waals surface area contributed by atoms with Crippen LogP contribution in [0.3, 0.4) is 0 Å². The Bertz CT molecular complexity index is 260. The fraction of sp³-hybridized carbons (Fsp3) is 0.333. The predicted molar refractivity (Wildman–Crippen MR) is 53.9 cm³/mol. The van der Waals surface area contributed by atoms with Crippen molar-refractivity contribution in [1.82, 2.24) is 10.2 Å². The second-order valence-corrected chi connectivity index (χ2v) is 2.07. The quantitative estimate of drug-likeness (QED) is 0.672. The topological polar surface area (TPSA) is 41.0 Å². The molecular formula is C9H15N3. The van der Waals surface area contributed by atoms with E-state index in [1.807, 2.05) is 20.8 Å². The smallest absolute Gasteiger partial charge is 0.107 e. The van der Waals surface area contributed by atoms with Crippen molar-refractivity contribution < 1.29 is 0 Å². The van der Waals surface area contributed by atoms with Crippen molar-refractivity contribution in [3.63, 3.8) is 0 Å². The molecule has 0 saturated heterocycles. The summed E-state index contributed by atoms with van der Waals surface area (Å²) in [6, 6.07) is 0. The molecule has 0 bridgehead atoms. The predicted octanol–water partition coefficient (Wildman–Crippen LogP) is 2.80. The second kappa shape index (κ2) is 5.29. The number of allylic oxidation sites excluding steroid dienone is 1. The second-order valence-electron chi connectivity index (χ2n) is 2.07. The molecule has 0 unspecified atom stereocenters. The lowest BCUT2D eigenvalue weighted by Crippen LogP contribution is -1.76. The molecule has 1 aromatic heterocycles. The zero-order valence-corrected chi connectivity index (χ0v) is 7.89. The van der Waals surface area contributed by atoms with Gasteiger partial charge in [-0.2, -0.15) is 5.10 Å². The molecule has 1 aromatic rings. The van der Waals surface area contributed by atoms with Crippen LogP contribution in [-0.2, 0) is 0 Å². The van der Waals surface area contributed by atoms with Crippen molar-refractivity contribution in [2.24, 2.45) is 4.99 Å². The number of aromatic nitrogens is 2. The number of nitrogens with zero attached hydrogens (tertiary/aromatic N) is 2. The third-order valence-corrected chi connectivity index (χ3v) is 1.22. The van der Waals surface area contributed by atoms with Crippen molar-refractivity contribution >= 4 is 18.0 Å². The molecule has 3 nitrogen and oxygen atoms in total. The number of aliphatic imine (C=N–C) groups is 1. The zero-order chi connectivity index (χ0) is 9.56. The third kappa shape index (κ3) is 2.34. The molecule has 0 aliphatic rings. The van der Waals surface area contributed by atoms with E-state index in [0.717, 1.165) is 17.0 Å². The van der Waals surface area contributed by atoms with Gasteiger partial charge in [0.05, 0.1) is 11.9 Å². The molecule has 1 N–H and O–H groups in total. The normalized spacial score (nSPS) is 8.25. The van der Waals surface area contributed by atoms with Gasteiger partial charge in [-0.25, -0.2) is 0 Å². The molecule has 0 fully saturated rings. The summed E-state index contributed by atoms with van der Waals surface area (Å²) in [6.45, 7) is 13.0. The SMILES string of the molecule is C=Nc1cn[nH]c1C(=C)C.CC. The van der Waals surface area contributed by atoms with E-state index in [-0.39, 0.29) is 0 Å². The van der Waals surface area contributed by atoms with Gasteiger partial charge in [0.2, 0.25) is 0 Å². The van der Waals surface area contributed by atoms with Gasteiger partial charge in [0.15, 0.2) is 0 Å². The van der Waals surface area contributed by atoms with E-state index in [2.05, 4.69) is 28.5 Å². The lowest BCUT2D eigenvalue weighted by atomic mass is 10.2. The highest BCUT2D eigenvalue weighted by Crippen LogP contribution is 2.20. The summed E-state index contributed by atoms with van der Waals surface area (Å²) in [7, 11) is 0. The molecule has 0 radical (unpaired) electrons. The van der Waals surface area contributed by atoms with Crippen molar-refractivity contribution in [2.45, 2.75) is 20.8 Å². The molecule has 0 aromatic carbocycles. The Balaban J connectivity index is 0.000000561. The van der Waals surface area contributed by atoms with Crippen LogP contribution in [0.15, 0.2) is 17.8 Å². The highest BCUT2D eigenvalue weighted by atomic mass is 15.1. The van der Waals surface area contributed by atoms with Gasteiger partial charge >= 0.3 is 0 Å². The molecule has 12 heavy (non-hydrogen) atoms. The summed E-state index contributed by atoms with van der Waals surface area (Å²) in [4.78, 5) is 3.75. The van der Waals surface area contributed by atoms with E-state index in [1.54, 1.807) is 6.20 Å². The van der Waals surface area contributed by atoms with Gasteiger partial charge in [0, 0.05) is 0 Å². The minimum atomic E-state index is 0.757. The van der Waals surface area contributed by atoms with E-state index in [4.69, 9.17) is 0 Å². The molecule has 3 heteroatoms. The molecule has 1 heterocycles. The van der Waals surface area contributed by atoms with Gasteiger partial charge in [-0.3, -0.25) is 10.1 Å². The largest absolute Gasteiger partial charge is 0.276 e. The lowest BCUT2D eigenvalue weighted by molar-refractivity contribution is 1.07. The van der Waals surface area contributed by atoms with Gasteiger partial charge in [0.25, 0.3) is 0 Å². The lowest BCUT2D eigenvalue weighted by Gasteiger charge is -1.93. The molecule has 0 atom stereocenters. The highest BCUT2D eigenvalue weighted by molar-refractivity contribution is 5.69. The first-order valence-corrected chi connectivity index (χ1v) is 3.91. The van der Waals surface area contributed by atoms with Crippen molar-refractivity contribution in [2.75, 3.05) is 0 Å². The maximum absolute atomic E-state index is 3.79. The average molecular weight is 165 g/mol. The third-order valence-electron chi connectivity index (χ3n) is 1.22. The number of nitrogens with one attached hydrogen (secondary N) is 1. The number of H-pyrrole nitrogens is 1. The first-order chi connectivity index (χ1) is 5.75. The summed E-state index contributed by atoms with van der Waals surface area (Å²) in [5, 5.41) is 6.57. The van der Waals surface area contributed by atoms with Gasteiger partial charge in [0.1, 0.15) is 5.69 Å². The Hall–Kier alpha value is -1.38. The van der Waals surface area contributed by atoms with E-state index in [0.29, 0.717) is 0 Å². The minimum Gasteiger partial charge on any atom is -0.276 e. The number of hydrogen-bond donors (Lipinski definition) is 1. The van der Waals surface area contributed by atoms with Crippen LogP contribution in [0.2, 0.25) is 0 Å². The Morgan fingerprint density at radius 3 is 2.50 bits per heavy atom. The van der Waals surface area contributed by atoms with Crippen LogP contribution in [0.1, 0.15) is 26.5 Å². The first kappa shape index (κ1) is 10.6. The summed E-state index contributed by atoms with van der Waals surface area (Å²) < 4.78 is 0. The molecule has 0 saturated carbocycles. The molecule has 0 amide bonds. The molecule has 0 spiro atoms. The van der Waals surface area contributed by atoms with Crippen LogP contribution in [0, 0.1) is 0 Å². The van der Waals surface area contributed by atoms with Gasteiger partial charge in [-0.1, -0.05) is 20.4 Å². The zero-order valence-electron chi connectivity index (χ0n) is 7.89. The highest BCUT2D eigenvalue weighted by Gasteiger charge is 2.01. The Labute approximate surface area is 73.2 Å². The van der Waals surface area contributed by atoms with Crippen molar-refractivity contribution in [3.05, 3.63) is 18.5 Å². The fourth-order valence-electron chi connectivity index (χ4n) is 0.714. The van der Waals surface area contributed by atoms with Crippen LogP contribution in [0.25, 0.3) is 5.57 Å². The first-order valence-electron chi connectivity index (χ1n) is 3.91. The maximum Gasteiger partial charge on any atom is 0.107 e. The van der Waals surface area contributed by atoms with Gasteiger partial charge in [-0.05, 0) is 19.2 Å². The van der Waals surface area contributed by atoms with Crippen LogP contribution >= 0.6 is 0 Å². The van der Waals surface area contributed by atoms with Crippen molar-refractivity contribution in [3.8, 4) is 0 Å². The van der Waals surface area contributed by atoms with Crippen LogP contribution < -0.4 is 0 Å². The van der Waals surface area contributed by atoms with E-state index < -0.39 is 0 Å². The number of aromatic amines is 1. The van der Waals surface area contributed by atoms with E-state index >= 15 is 0 Å². The maximum atomic E-state index is 3.79. The Morgan fingerprint density at radius 2 is 2.17 bits per heavy atom. The summed E-state index contributed by atoms with van der Waals surface area (Å²) in [5.74, 6) is 0. The molecule has 1 rings (SSSR count). The molecule has 0 aliphatic carbocycles. The monoisotopic (exact) mass is 165 g/mol. The summed E-state index contributed by atoms with van der Waals surface area (Å²) in [5.41, 5.74) is 2.53. The minimum absolute atomic E-state index is 0.757. The number of rotatable bonds is 2. The van der Waals surface area contributed by atoms with Gasteiger partial charge < -0.3 is 0 Å². The standard InChI is InChI=1S/C7H9N3.C2H6/c1-5(2)7-6(8-3)4-9-10-7;1-2/h4H,1,3H2,2H3,(H,9,10);1-2H3. The Kier molecular flexibility index (Phi) is 4.69. The fourth-order valence-corrected chi connectivity index (χ4v) is 0.714.